The molecule has 8 nitrogen and oxygen atoms in total. The van der Waals surface area contributed by atoms with Crippen LogP contribution < -0.4 is 15.8 Å². The molecule has 0 heterocycles. The molecule has 0 aromatic heterocycles. The van der Waals surface area contributed by atoms with Gasteiger partial charge in [-0.1, -0.05) is 35.9 Å². The number of nitrogen functional groups attached to an aromatic ring is 1. The SMILES string of the molecule is COc1cc(Nc2cc(S(=O)(=O)O)c(N)c3c2C(=O)c2ccccc2C3=O)ccc1Cl. The van der Waals surface area contributed by atoms with Gasteiger partial charge in [-0.05, 0) is 18.2 Å². The van der Waals surface area contributed by atoms with Gasteiger partial charge in [-0.15, -0.1) is 0 Å². The number of methoxy groups -OCH3 is 1. The van der Waals surface area contributed by atoms with Gasteiger partial charge in [0.05, 0.1) is 34.6 Å². The van der Waals surface area contributed by atoms with Crippen molar-refractivity contribution in [1.29, 1.82) is 0 Å². The molecule has 4 N–H and O–H groups in total. The molecule has 0 bridgehead atoms. The standard InChI is InChI=1S/C21H15ClN2O6S/c1-30-15-8-10(6-7-13(15)22)24-14-9-16(31(27,28)29)19(23)18-17(14)20(25)11-4-2-3-5-12(11)21(18)26/h2-9,24H,23H2,1H3,(H,27,28,29). The molecule has 1 aliphatic carbocycles. The molecule has 0 radical (unpaired) electrons. The van der Waals surface area contributed by atoms with Crippen LogP contribution in [0.1, 0.15) is 31.8 Å². The Morgan fingerprint density at radius 1 is 1.00 bits per heavy atom. The van der Waals surface area contributed by atoms with Crippen LogP contribution in [0.5, 0.6) is 5.75 Å². The predicted octanol–water partition coefficient (Wildman–Crippen LogP) is 3.70. The fraction of sp³-hybridized carbons (Fsp3) is 0.0476. The Hall–Kier alpha value is -3.40. The number of nitrogens with one attached hydrogen (secondary N) is 1. The van der Waals surface area contributed by atoms with Gasteiger partial charge in [0.15, 0.2) is 11.6 Å². The lowest BCUT2D eigenvalue weighted by atomic mass is 9.82. The van der Waals surface area contributed by atoms with Crippen molar-refractivity contribution in [1.82, 2.24) is 0 Å². The molecule has 0 saturated heterocycles. The van der Waals surface area contributed by atoms with Crippen molar-refractivity contribution in [3.05, 3.63) is 75.8 Å². The summed E-state index contributed by atoms with van der Waals surface area (Å²) in [5.74, 6) is -0.800. The molecule has 0 unspecified atom stereocenters. The van der Waals surface area contributed by atoms with E-state index in [0.29, 0.717) is 16.5 Å². The number of ether oxygens (including phenoxy) is 1. The zero-order valence-corrected chi connectivity index (χ0v) is 17.5. The highest BCUT2D eigenvalue weighted by Gasteiger charge is 2.36. The molecule has 10 heteroatoms. The van der Waals surface area contributed by atoms with E-state index >= 15 is 0 Å². The lowest BCUT2D eigenvalue weighted by molar-refractivity contribution is 0.0980. The number of anilines is 3. The van der Waals surface area contributed by atoms with Crippen LogP contribution in [0.2, 0.25) is 5.02 Å². The highest BCUT2D eigenvalue weighted by atomic mass is 35.5. The average Bonchev–Trinajstić information content (AvgIpc) is 2.73. The number of nitrogens with two attached hydrogens (primary N) is 1. The molecule has 3 aromatic carbocycles. The van der Waals surface area contributed by atoms with Gasteiger partial charge >= 0.3 is 0 Å². The minimum atomic E-state index is -4.79. The topological polar surface area (TPSA) is 136 Å². The molecule has 1 aliphatic rings. The van der Waals surface area contributed by atoms with Crippen molar-refractivity contribution in [2.24, 2.45) is 0 Å². The van der Waals surface area contributed by atoms with Crippen LogP contribution in [0.4, 0.5) is 17.1 Å². The largest absolute Gasteiger partial charge is 0.495 e. The Morgan fingerprint density at radius 3 is 2.19 bits per heavy atom. The van der Waals surface area contributed by atoms with Crippen LogP contribution in [0.25, 0.3) is 0 Å². The van der Waals surface area contributed by atoms with Crippen LogP contribution >= 0.6 is 11.6 Å². The van der Waals surface area contributed by atoms with Crippen molar-refractivity contribution in [2.45, 2.75) is 4.90 Å². The highest BCUT2D eigenvalue weighted by molar-refractivity contribution is 7.86. The monoisotopic (exact) mass is 458 g/mol. The van der Waals surface area contributed by atoms with Gasteiger partial charge in [0.2, 0.25) is 0 Å². The number of halogens is 1. The van der Waals surface area contributed by atoms with E-state index in [2.05, 4.69) is 5.32 Å². The average molecular weight is 459 g/mol. The minimum Gasteiger partial charge on any atom is -0.495 e. The normalized spacial score (nSPS) is 12.9. The predicted molar refractivity (Wildman–Crippen MR) is 115 cm³/mol. The highest BCUT2D eigenvalue weighted by Crippen LogP contribution is 2.40. The van der Waals surface area contributed by atoms with Crippen LogP contribution in [0.3, 0.4) is 0 Å². The van der Waals surface area contributed by atoms with E-state index in [9.17, 15) is 22.6 Å². The number of ketones is 2. The van der Waals surface area contributed by atoms with E-state index in [1.807, 2.05) is 0 Å². The number of hydrogen-bond donors (Lipinski definition) is 3. The minimum absolute atomic E-state index is 0.0194. The lowest BCUT2D eigenvalue weighted by Gasteiger charge is -2.23. The smallest absolute Gasteiger partial charge is 0.296 e. The number of fused-ring (bicyclic) bond motifs is 2. The van der Waals surface area contributed by atoms with E-state index < -0.39 is 32.3 Å². The summed E-state index contributed by atoms with van der Waals surface area (Å²) in [5.41, 5.74) is 5.71. The molecule has 3 aromatic rings. The van der Waals surface area contributed by atoms with Gasteiger partial charge in [-0.3, -0.25) is 14.1 Å². The fourth-order valence-electron chi connectivity index (χ4n) is 3.50. The van der Waals surface area contributed by atoms with E-state index in [1.54, 1.807) is 24.3 Å². The molecule has 0 aliphatic heterocycles. The van der Waals surface area contributed by atoms with Crippen molar-refractivity contribution in [3.8, 4) is 5.75 Å². The maximum atomic E-state index is 13.2. The fourth-order valence-corrected chi connectivity index (χ4v) is 4.34. The summed E-state index contributed by atoms with van der Waals surface area (Å²) in [6, 6.07) is 11.8. The van der Waals surface area contributed by atoms with Crippen LogP contribution in [0, 0.1) is 0 Å². The Balaban J connectivity index is 2.00. The van der Waals surface area contributed by atoms with Gasteiger partial charge in [0.1, 0.15) is 10.6 Å². The molecule has 0 atom stereocenters. The zero-order chi connectivity index (χ0) is 22.5. The number of carbonyl (C=O) groups is 2. The summed E-state index contributed by atoms with van der Waals surface area (Å²) in [6.45, 7) is 0. The van der Waals surface area contributed by atoms with Gasteiger partial charge < -0.3 is 15.8 Å². The van der Waals surface area contributed by atoms with Crippen LogP contribution in [-0.2, 0) is 10.1 Å². The first-order valence-corrected chi connectivity index (χ1v) is 10.7. The van der Waals surface area contributed by atoms with E-state index in [-0.39, 0.29) is 27.9 Å². The third kappa shape index (κ3) is 3.42. The molecule has 0 spiro atoms. The molecular weight excluding hydrogens is 444 g/mol. The molecular formula is C21H15ClN2O6S. The van der Waals surface area contributed by atoms with E-state index in [0.717, 1.165) is 6.07 Å². The quantitative estimate of drug-likeness (QED) is 0.311. The van der Waals surface area contributed by atoms with Crippen LogP contribution in [0.15, 0.2) is 53.4 Å². The second-order valence-electron chi connectivity index (χ2n) is 6.74. The molecule has 0 saturated carbocycles. The van der Waals surface area contributed by atoms with E-state index in [4.69, 9.17) is 22.1 Å². The number of hydrogen-bond acceptors (Lipinski definition) is 7. The van der Waals surface area contributed by atoms with Crippen molar-refractivity contribution in [2.75, 3.05) is 18.2 Å². The molecule has 4 rings (SSSR count). The Bertz CT molecular complexity index is 1380. The van der Waals surface area contributed by atoms with E-state index in [1.165, 1.54) is 25.3 Å². The summed E-state index contributed by atoms with van der Waals surface area (Å²) in [4.78, 5) is 25.7. The van der Waals surface area contributed by atoms with Crippen molar-refractivity contribution >= 4 is 50.3 Å². The molecule has 0 fully saturated rings. The van der Waals surface area contributed by atoms with Crippen molar-refractivity contribution < 1.29 is 27.3 Å². The first kappa shape index (κ1) is 20.9. The molecule has 0 amide bonds. The Labute approximate surface area is 182 Å². The number of rotatable bonds is 4. The summed E-state index contributed by atoms with van der Waals surface area (Å²) >= 11 is 6.04. The summed E-state index contributed by atoms with van der Waals surface area (Å²) < 4.78 is 38.7. The van der Waals surface area contributed by atoms with Gasteiger partial charge in [-0.25, -0.2) is 0 Å². The molecule has 31 heavy (non-hydrogen) atoms. The first-order chi connectivity index (χ1) is 14.6. The third-order valence-corrected chi connectivity index (χ3v) is 6.11. The van der Waals surface area contributed by atoms with Crippen LogP contribution in [-0.4, -0.2) is 31.6 Å². The lowest BCUT2D eigenvalue weighted by Crippen LogP contribution is -2.25. The Kier molecular flexibility index (Phi) is 4.97. The van der Waals surface area contributed by atoms with Crippen molar-refractivity contribution in [3.63, 3.8) is 0 Å². The molecule has 158 valence electrons. The third-order valence-electron chi connectivity index (χ3n) is 4.91. The maximum Gasteiger partial charge on any atom is 0.296 e. The maximum absolute atomic E-state index is 13.2. The number of benzene rings is 3. The summed E-state index contributed by atoms with van der Waals surface area (Å²) in [7, 11) is -3.37. The second kappa shape index (κ2) is 7.38. The Morgan fingerprint density at radius 2 is 1.61 bits per heavy atom. The summed E-state index contributed by atoms with van der Waals surface area (Å²) in [6.07, 6.45) is 0. The summed E-state index contributed by atoms with van der Waals surface area (Å²) in [5, 5.41) is 3.25. The first-order valence-electron chi connectivity index (χ1n) is 8.86. The number of carbonyl (C=O) groups excluding carboxylic acids is 2. The zero-order valence-electron chi connectivity index (χ0n) is 16.0. The van der Waals surface area contributed by atoms with Gasteiger partial charge in [0, 0.05) is 22.9 Å². The second-order valence-corrected chi connectivity index (χ2v) is 8.54. The van der Waals surface area contributed by atoms with Gasteiger partial charge in [0.25, 0.3) is 10.1 Å². The van der Waals surface area contributed by atoms with Gasteiger partial charge in [-0.2, -0.15) is 8.42 Å².